The molecule has 2 saturated heterocycles. The molecule has 2 aromatic rings. The fourth-order valence-electron chi connectivity index (χ4n) is 3.14. The van der Waals surface area contributed by atoms with Gasteiger partial charge >= 0.3 is 0 Å². The van der Waals surface area contributed by atoms with Gasteiger partial charge in [0.15, 0.2) is 0 Å². The SMILES string of the molecule is Cl.Cl.O=C(C1CNC1)N1CCN(Cc2cn3ccccc3n2)CC1. The fraction of sp³-hybridized carbons (Fsp3) is 0.500. The van der Waals surface area contributed by atoms with Crippen LogP contribution in [0.2, 0.25) is 0 Å². The lowest BCUT2D eigenvalue weighted by molar-refractivity contribution is -0.138. The molecule has 0 radical (unpaired) electrons. The monoisotopic (exact) mass is 371 g/mol. The Labute approximate surface area is 154 Å². The summed E-state index contributed by atoms with van der Waals surface area (Å²) in [5.41, 5.74) is 2.08. The molecule has 2 fully saturated rings. The van der Waals surface area contributed by atoms with Gasteiger partial charge in [0.1, 0.15) is 5.65 Å². The van der Waals surface area contributed by atoms with E-state index in [1.54, 1.807) is 0 Å². The highest BCUT2D eigenvalue weighted by Crippen LogP contribution is 2.13. The van der Waals surface area contributed by atoms with Crippen molar-refractivity contribution in [1.82, 2.24) is 24.5 Å². The van der Waals surface area contributed by atoms with E-state index in [4.69, 9.17) is 0 Å². The summed E-state index contributed by atoms with van der Waals surface area (Å²) in [6, 6.07) is 6.04. The van der Waals surface area contributed by atoms with Crippen LogP contribution in [0, 0.1) is 5.92 Å². The highest BCUT2D eigenvalue weighted by molar-refractivity contribution is 5.85. The number of rotatable bonds is 3. The van der Waals surface area contributed by atoms with Gasteiger partial charge in [0, 0.05) is 58.2 Å². The Morgan fingerprint density at radius 1 is 1.17 bits per heavy atom. The Kier molecular flexibility index (Phi) is 6.46. The van der Waals surface area contributed by atoms with Crippen LogP contribution in [0.15, 0.2) is 30.6 Å². The average Bonchev–Trinajstić information content (AvgIpc) is 2.88. The van der Waals surface area contributed by atoms with Crippen LogP contribution in [0.4, 0.5) is 0 Å². The van der Waals surface area contributed by atoms with E-state index in [2.05, 4.69) is 25.8 Å². The maximum Gasteiger partial charge on any atom is 0.228 e. The highest BCUT2D eigenvalue weighted by atomic mass is 35.5. The number of halogens is 2. The second-order valence-electron chi connectivity index (χ2n) is 6.15. The van der Waals surface area contributed by atoms with Gasteiger partial charge in [0.2, 0.25) is 5.91 Å². The average molecular weight is 372 g/mol. The van der Waals surface area contributed by atoms with Gasteiger partial charge in [0.05, 0.1) is 11.6 Å². The Morgan fingerprint density at radius 3 is 2.54 bits per heavy atom. The number of hydrogen-bond donors (Lipinski definition) is 1. The van der Waals surface area contributed by atoms with Crippen LogP contribution >= 0.6 is 24.8 Å². The van der Waals surface area contributed by atoms with E-state index in [1.165, 1.54) is 0 Å². The number of pyridine rings is 1. The molecule has 6 nitrogen and oxygen atoms in total. The summed E-state index contributed by atoms with van der Waals surface area (Å²) in [6.45, 7) is 6.08. The third kappa shape index (κ3) is 3.83. The zero-order chi connectivity index (χ0) is 14.9. The van der Waals surface area contributed by atoms with E-state index >= 15 is 0 Å². The molecule has 0 unspecified atom stereocenters. The summed E-state index contributed by atoms with van der Waals surface area (Å²) < 4.78 is 2.05. The molecule has 1 N–H and O–H groups in total. The van der Waals surface area contributed by atoms with Crippen LogP contribution in [0.25, 0.3) is 5.65 Å². The summed E-state index contributed by atoms with van der Waals surface area (Å²) in [4.78, 5) is 21.3. The molecule has 0 saturated carbocycles. The molecular weight excluding hydrogens is 349 g/mol. The van der Waals surface area contributed by atoms with Crippen molar-refractivity contribution >= 4 is 36.4 Å². The fourth-order valence-corrected chi connectivity index (χ4v) is 3.14. The molecule has 24 heavy (non-hydrogen) atoms. The Balaban J connectivity index is 0.00000104. The molecule has 0 spiro atoms. The second kappa shape index (κ2) is 8.16. The van der Waals surface area contributed by atoms with Gasteiger partial charge in [-0.3, -0.25) is 9.69 Å². The van der Waals surface area contributed by atoms with Gasteiger partial charge in [-0.2, -0.15) is 0 Å². The number of nitrogens with one attached hydrogen (secondary N) is 1. The number of carbonyl (C=O) groups excluding carboxylic acids is 1. The zero-order valence-electron chi connectivity index (χ0n) is 13.4. The van der Waals surface area contributed by atoms with Crippen molar-refractivity contribution in [2.75, 3.05) is 39.3 Å². The highest BCUT2D eigenvalue weighted by Gasteiger charge is 2.31. The van der Waals surface area contributed by atoms with E-state index in [-0.39, 0.29) is 30.7 Å². The third-order valence-corrected chi connectivity index (χ3v) is 4.61. The van der Waals surface area contributed by atoms with Crippen molar-refractivity contribution < 1.29 is 4.79 Å². The third-order valence-electron chi connectivity index (χ3n) is 4.61. The molecule has 1 amide bonds. The van der Waals surface area contributed by atoms with E-state index in [0.717, 1.165) is 57.2 Å². The quantitative estimate of drug-likeness (QED) is 0.875. The van der Waals surface area contributed by atoms with Crippen molar-refractivity contribution in [3.8, 4) is 0 Å². The topological polar surface area (TPSA) is 52.9 Å². The summed E-state index contributed by atoms with van der Waals surface area (Å²) in [5, 5.41) is 3.17. The standard InChI is InChI=1S/C16H21N5O.2ClH/c22-16(13-9-17-10-13)20-7-5-19(6-8-20)11-14-12-21-4-2-1-3-15(21)18-14;;/h1-4,12-13,17H,5-11H2;2*1H. The van der Waals surface area contributed by atoms with Crippen molar-refractivity contribution in [1.29, 1.82) is 0 Å². The van der Waals surface area contributed by atoms with Crippen molar-refractivity contribution in [2.45, 2.75) is 6.54 Å². The smallest absolute Gasteiger partial charge is 0.228 e. The first kappa shape index (κ1) is 19.0. The molecule has 0 aliphatic carbocycles. The lowest BCUT2D eigenvalue weighted by atomic mass is 10.0. The van der Waals surface area contributed by atoms with Crippen LogP contribution in [0.1, 0.15) is 5.69 Å². The van der Waals surface area contributed by atoms with Gasteiger partial charge in [0.25, 0.3) is 0 Å². The first-order chi connectivity index (χ1) is 10.8. The molecule has 132 valence electrons. The predicted molar refractivity (Wildman–Crippen MR) is 97.9 cm³/mol. The Hall–Kier alpha value is -1.34. The number of nitrogens with zero attached hydrogens (tertiary/aromatic N) is 4. The summed E-state index contributed by atoms with van der Waals surface area (Å²) in [7, 11) is 0. The molecule has 0 atom stereocenters. The predicted octanol–water partition coefficient (Wildman–Crippen LogP) is 1.04. The van der Waals surface area contributed by atoms with E-state index in [1.807, 2.05) is 29.3 Å². The van der Waals surface area contributed by atoms with Crippen LogP contribution < -0.4 is 5.32 Å². The number of hydrogen-bond acceptors (Lipinski definition) is 4. The largest absolute Gasteiger partial charge is 0.340 e. The maximum atomic E-state index is 12.2. The normalized spacial score (nSPS) is 18.6. The molecular formula is C16H23Cl2N5O. The molecule has 0 bridgehead atoms. The molecule has 4 heterocycles. The first-order valence-electron chi connectivity index (χ1n) is 7.94. The van der Waals surface area contributed by atoms with Gasteiger partial charge in [-0.15, -0.1) is 24.8 Å². The minimum Gasteiger partial charge on any atom is -0.340 e. The maximum absolute atomic E-state index is 12.2. The summed E-state index contributed by atoms with van der Waals surface area (Å²) >= 11 is 0. The van der Waals surface area contributed by atoms with Gasteiger partial charge in [-0.25, -0.2) is 4.98 Å². The molecule has 2 aliphatic heterocycles. The minimum atomic E-state index is 0. The number of imidazole rings is 1. The Bertz CT molecular complexity index is 647. The van der Waals surface area contributed by atoms with E-state index in [9.17, 15) is 4.79 Å². The first-order valence-corrected chi connectivity index (χ1v) is 7.94. The molecule has 2 aliphatic rings. The summed E-state index contributed by atoms with van der Waals surface area (Å²) in [5.74, 6) is 0.538. The van der Waals surface area contributed by atoms with Crippen molar-refractivity contribution in [3.63, 3.8) is 0 Å². The molecule has 0 aromatic carbocycles. The van der Waals surface area contributed by atoms with E-state index < -0.39 is 0 Å². The van der Waals surface area contributed by atoms with Gasteiger partial charge < -0.3 is 14.6 Å². The minimum absolute atomic E-state index is 0. The molecule has 4 rings (SSSR count). The molecule has 8 heteroatoms. The number of piperazine rings is 1. The number of amides is 1. The zero-order valence-corrected chi connectivity index (χ0v) is 15.1. The van der Waals surface area contributed by atoms with Crippen molar-refractivity contribution in [2.24, 2.45) is 5.92 Å². The molecule has 2 aromatic heterocycles. The second-order valence-corrected chi connectivity index (χ2v) is 6.15. The lowest BCUT2D eigenvalue weighted by Crippen LogP contribution is -2.56. The van der Waals surface area contributed by atoms with Crippen LogP contribution in [0.3, 0.4) is 0 Å². The van der Waals surface area contributed by atoms with Crippen LogP contribution in [-0.2, 0) is 11.3 Å². The van der Waals surface area contributed by atoms with Crippen LogP contribution in [0.5, 0.6) is 0 Å². The number of fused-ring (bicyclic) bond motifs is 1. The summed E-state index contributed by atoms with van der Waals surface area (Å²) in [6.07, 6.45) is 4.11. The Morgan fingerprint density at radius 2 is 1.92 bits per heavy atom. The van der Waals surface area contributed by atoms with Gasteiger partial charge in [-0.1, -0.05) is 6.07 Å². The van der Waals surface area contributed by atoms with Gasteiger partial charge in [-0.05, 0) is 12.1 Å². The van der Waals surface area contributed by atoms with E-state index in [0.29, 0.717) is 5.91 Å². The number of aromatic nitrogens is 2. The number of carbonyl (C=O) groups is 1. The van der Waals surface area contributed by atoms with Crippen molar-refractivity contribution in [3.05, 3.63) is 36.3 Å². The van der Waals surface area contributed by atoms with Crippen LogP contribution in [-0.4, -0.2) is 64.4 Å². The lowest BCUT2D eigenvalue weighted by Gasteiger charge is -2.38.